The Balaban J connectivity index is 1.69. The van der Waals surface area contributed by atoms with Crippen molar-refractivity contribution in [3.8, 4) is 11.8 Å². The van der Waals surface area contributed by atoms with Crippen LogP contribution in [0, 0.1) is 23.1 Å². The number of halogens is 5. The molecule has 0 bridgehead atoms. The van der Waals surface area contributed by atoms with Crippen molar-refractivity contribution in [3.63, 3.8) is 0 Å². The zero-order chi connectivity index (χ0) is 24.3. The number of hydrogen-bond donors (Lipinski definition) is 0. The molecular formula is C24H18ClF4N5. The molecule has 0 unspecified atom stereocenters. The lowest BCUT2D eigenvalue weighted by atomic mass is 9.91. The molecule has 0 atom stereocenters. The second-order valence-corrected chi connectivity index (χ2v) is 8.97. The number of benzene rings is 2. The van der Waals surface area contributed by atoms with Crippen molar-refractivity contribution in [2.24, 2.45) is 5.41 Å². The van der Waals surface area contributed by atoms with Gasteiger partial charge in [-0.25, -0.2) is 8.79 Å². The van der Waals surface area contributed by atoms with Crippen molar-refractivity contribution in [1.29, 1.82) is 0 Å². The first-order valence-corrected chi connectivity index (χ1v) is 10.9. The van der Waals surface area contributed by atoms with Crippen LogP contribution >= 0.6 is 11.6 Å². The van der Waals surface area contributed by atoms with E-state index in [4.69, 9.17) is 11.6 Å². The lowest BCUT2D eigenvalue weighted by Gasteiger charge is -2.32. The van der Waals surface area contributed by atoms with E-state index in [1.165, 1.54) is 16.5 Å². The molecule has 0 aliphatic carbocycles. The Morgan fingerprint density at radius 1 is 1.09 bits per heavy atom. The van der Waals surface area contributed by atoms with Gasteiger partial charge in [0.25, 0.3) is 5.78 Å². The molecule has 4 aromatic rings. The van der Waals surface area contributed by atoms with Crippen LogP contribution < -0.4 is 4.90 Å². The summed E-state index contributed by atoms with van der Waals surface area (Å²) in [6, 6.07) is 9.61. The summed E-state index contributed by atoms with van der Waals surface area (Å²) in [4.78, 5) is 6.53. The van der Waals surface area contributed by atoms with Gasteiger partial charge in [-0.15, -0.1) is 10.2 Å². The summed E-state index contributed by atoms with van der Waals surface area (Å²) in [5.41, 5.74) is 0.561. The molecule has 1 aliphatic heterocycles. The average Bonchev–Trinajstić information content (AvgIpc) is 3.16. The summed E-state index contributed by atoms with van der Waals surface area (Å²) >= 11 is 6.18. The third-order valence-corrected chi connectivity index (χ3v) is 6.22. The minimum absolute atomic E-state index is 0.106. The summed E-state index contributed by atoms with van der Waals surface area (Å²) in [6.45, 7) is 2.70. The second-order valence-electron chi connectivity index (χ2n) is 8.63. The molecule has 0 saturated heterocycles. The first-order valence-electron chi connectivity index (χ1n) is 10.6. The van der Waals surface area contributed by atoms with Gasteiger partial charge in [-0.3, -0.25) is 0 Å². The number of alkyl halides is 3. The lowest BCUT2D eigenvalue weighted by Crippen LogP contribution is -2.30. The van der Waals surface area contributed by atoms with Gasteiger partial charge in [0.15, 0.2) is 0 Å². The molecule has 5 nitrogen and oxygen atoms in total. The van der Waals surface area contributed by atoms with Crippen LogP contribution in [0.3, 0.4) is 0 Å². The van der Waals surface area contributed by atoms with E-state index in [1.54, 1.807) is 18.2 Å². The summed E-state index contributed by atoms with van der Waals surface area (Å²) in [5, 5.41) is 8.51. The number of nitrogens with zero attached hydrogens (tertiary/aromatic N) is 5. The van der Waals surface area contributed by atoms with Gasteiger partial charge in [-0.1, -0.05) is 17.9 Å². The number of fused-ring (bicyclic) bond motifs is 4. The van der Waals surface area contributed by atoms with E-state index in [-0.39, 0.29) is 11.1 Å². The normalized spacial score (nSPS) is 14.3. The third-order valence-electron chi connectivity index (χ3n) is 5.98. The zero-order valence-electron chi connectivity index (χ0n) is 18.2. The van der Waals surface area contributed by atoms with Gasteiger partial charge in [0.1, 0.15) is 17.1 Å². The van der Waals surface area contributed by atoms with Crippen molar-refractivity contribution in [2.45, 2.75) is 32.9 Å². The minimum atomic E-state index is -4.44. The predicted molar refractivity (Wildman–Crippen MR) is 122 cm³/mol. The van der Waals surface area contributed by atoms with E-state index in [2.05, 4.69) is 27.0 Å². The van der Waals surface area contributed by atoms with Crippen LogP contribution in [0.1, 0.15) is 31.4 Å². The Kier molecular flexibility index (Phi) is 5.17. The molecule has 2 aromatic carbocycles. The van der Waals surface area contributed by atoms with Gasteiger partial charge in [0.05, 0.1) is 5.52 Å². The summed E-state index contributed by atoms with van der Waals surface area (Å²) in [5.74, 6) is 5.42. The molecule has 174 valence electrons. The molecule has 0 radical (unpaired) electrons. The number of rotatable bonds is 1. The van der Waals surface area contributed by atoms with Gasteiger partial charge in [0, 0.05) is 23.2 Å². The van der Waals surface area contributed by atoms with Crippen LogP contribution in [0.15, 0.2) is 36.4 Å². The maximum absolute atomic E-state index is 14.2. The number of aromatic nitrogens is 4. The van der Waals surface area contributed by atoms with Gasteiger partial charge < -0.3 is 4.90 Å². The fraction of sp³-hybridized carbons (Fsp3) is 0.292. The first kappa shape index (κ1) is 22.4. The molecule has 2 aromatic heterocycles. The summed E-state index contributed by atoms with van der Waals surface area (Å²) < 4.78 is 55.7. The van der Waals surface area contributed by atoms with E-state index in [1.807, 2.05) is 11.0 Å². The van der Waals surface area contributed by atoms with Gasteiger partial charge in [0.2, 0.25) is 5.28 Å². The maximum Gasteiger partial charge on any atom is 0.404 e. The SMILES string of the molecule is CC(C)(C#Cc1cccc2c1CCCN2c1nc2nnc(Cl)n2c2ccc(F)cc12)C(F)(F)F. The molecule has 0 amide bonds. The molecule has 0 saturated carbocycles. The Morgan fingerprint density at radius 2 is 1.88 bits per heavy atom. The second kappa shape index (κ2) is 7.84. The van der Waals surface area contributed by atoms with Gasteiger partial charge >= 0.3 is 6.18 Å². The Hall–Kier alpha value is -3.38. The standard InChI is InChI=1S/C24H18ClF4N5/c1-23(2,24(27,28)29)11-10-14-5-3-7-18-16(14)6-4-12-33(18)20-17-13-15(26)8-9-19(17)34-21(25)31-32-22(34)30-20/h3,5,7-9,13H,4,6,12H2,1-2H3. The smallest absolute Gasteiger partial charge is 0.325 e. The van der Waals surface area contributed by atoms with Crippen molar-refractivity contribution >= 4 is 39.8 Å². The summed E-state index contributed by atoms with van der Waals surface area (Å²) in [6.07, 6.45) is -3.08. The number of anilines is 2. The van der Waals surface area contributed by atoms with E-state index >= 15 is 0 Å². The van der Waals surface area contributed by atoms with Gasteiger partial charge in [-0.05, 0) is 74.2 Å². The van der Waals surface area contributed by atoms with Crippen molar-refractivity contribution < 1.29 is 17.6 Å². The van der Waals surface area contributed by atoms with Crippen LogP contribution in [-0.2, 0) is 6.42 Å². The van der Waals surface area contributed by atoms with E-state index in [9.17, 15) is 17.6 Å². The Labute approximate surface area is 197 Å². The molecule has 34 heavy (non-hydrogen) atoms. The molecule has 1 aliphatic rings. The molecule has 3 heterocycles. The predicted octanol–water partition coefficient (Wildman–Crippen LogP) is 6.09. The fourth-order valence-electron chi connectivity index (χ4n) is 4.04. The Morgan fingerprint density at radius 3 is 2.65 bits per heavy atom. The van der Waals surface area contributed by atoms with Gasteiger partial charge in [-0.2, -0.15) is 18.2 Å². The van der Waals surface area contributed by atoms with Crippen molar-refractivity contribution in [2.75, 3.05) is 11.4 Å². The minimum Gasteiger partial charge on any atom is -0.325 e. The van der Waals surface area contributed by atoms with E-state index in [0.717, 1.165) is 25.1 Å². The van der Waals surface area contributed by atoms with Crippen molar-refractivity contribution in [3.05, 3.63) is 58.6 Å². The van der Waals surface area contributed by atoms with Crippen LogP contribution in [0.4, 0.5) is 29.1 Å². The van der Waals surface area contributed by atoms with Crippen LogP contribution in [0.5, 0.6) is 0 Å². The highest BCUT2D eigenvalue weighted by Crippen LogP contribution is 2.39. The highest BCUT2D eigenvalue weighted by Gasteiger charge is 2.46. The third kappa shape index (κ3) is 3.62. The van der Waals surface area contributed by atoms with Crippen LogP contribution in [-0.4, -0.2) is 32.3 Å². The molecular weight excluding hydrogens is 470 g/mol. The van der Waals surface area contributed by atoms with Crippen molar-refractivity contribution in [1.82, 2.24) is 19.6 Å². The van der Waals surface area contributed by atoms with Crippen LogP contribution in [0.2, 0.25) is 5.28 Å². The lowest BCUT2D eigenvalue weighted by molar-refractivity contribution is -0.190. The molecule has 10 heteroatoms. The van der Waals surface area contributed by atoms with E-state index in [0.29, 0.717) is 41.7 Å². The number of hydrogen-bond acceptors (Lipinski definition) is 4. The molecule has 0 fully saturated rings. The fourth-order valence-corrected chi connectivity index (χ4v) is 4.24. The van der Waals surface area contributed by atoms with Crippen LogP contribution in [0.25, 0.3) is 16.7 Å². The quantitative estimate of drug-likeness (QED) is 0.241. The largest absolute Gasteiger partial charge is 0.404 e. The highest BCUT2D eigenvalue weighted by molar-refractivity contribution is 6.29. The maximum atomic E-state index is 14.2. The highest BCUT2D eigenvalue weighted by atomic mass is 35.5. The molecule has 5 rings (SSSR count). The first-order chi connectivity index (χ1) is 16.1. The Bertz CT molecular complexity index is 1500. The molecule has 0 N–H and O–H groups in total. The van der Waals surface area contributed by atoms with E-state index < -0.39 is 17.4 Å². The topological polar surface area (TPSA) is 46.3 Å². The molecule has 0 spiro atoms. The summed E-state index contributed by atoms with van der Waals surface area (Å²) in [7, 11) is 0. The average molecular weight is 488 g/mol. The zero-order valence-corrected chi connectivity index (χ0v) is 19.0. The monoisotopic (exact) mass is 487 g/mol.